The Kier molecular flexibility index (Phi) is 3.40. The second-order valence-corrected chi connectivity index (χ2v) is 4.43. The number of nitrogens with zero attached hydrogens (tertiary/aromatic N) is 3. The summed E-state index contributed by atoms with van der Waals surface area (Å²) in [4.78, 5) is 11.8. The van der Waals surface area contributed by atoms with Crippen molar-refractivity contribution in [2.75, 3.05) is 26.3 Å². The molecule has 0 aliphatic carbocycles. The number of aromatic nitrogens is 2. The van der Waals surface area contributed by atoms with Crippen molar-refractivity contribution in [2.45, 2.75) is 0 Å². The lowest BCUT2D eigenvalue weighted by Gasteiger charge is -2.23. The summed E-state index contributed by atoms with van der Waals surface area (Å²) in [5.41, 5.74) is 0. The van der Waals surface area contributed by atoms with Gasteiger partial charge in [-0.25, -0.2) is 13.7 Å². The largest absolute Gasteiger partial charge is 0.388 e. The van der Waals surface area contributed by atoms with Crippen LogP contribution in [0.5, 0.6) is 0 Å². The molecule has 1 saturated heterocycles. The number of carbonyl (C=O) groups is 1. The highest BCUT2D eigenvalue weighted by Gasteiger charge is 2.19. The molecule has 0 aromatic carbocycles. The quantitative estimate of drug-likeness (QED) is 0.510. The maximum atomic E-state index is 11.8. The van der Waals surface area contributed by atoms with Crippen LogP contribution in [0.1, 0.15) is 0 Å². The molecule has 0 amide bonds. The Bertz CT molecular complexity index is 347. The molecule has 1 fully saturated rings. The Labute approximate surface area is 92.8 Å². The lowest BCUT2D eigenvalue weighted by Crippen LogP contribution is -2.33. The first-order valence-corrected chi connectivity index (χ1v) is 5.61. The summed E-state index contributed by atoms with van der Waals surface area (Å²) in [5.74, 6) is 0. The van der Waals surface area contributed by atoms with Crippen LogP contribution in [0, 0.1) is 0 Å². The molecule has 1 aromatic rings. The van der Waals surface area contributed by atoms with Crippen molar-refractivity contribution in [3.8, 4) is 0 Å². The Hall–Kier alpha value is -0.850. The number of imidazole rings is 1. The van der Waals surface area contributed by atoms with E-state index in [-0.39, 0.29) is 5.24 Å². The monoisotopic (exact) mass is 228 g/mol. The highest BCUT2D eigenvalue weighted by molar-refractivity contribution is 8.11. The van der Waals surface area contributed by atoms with E-state index < -0.39 is 0 Å². The first kappa shape index (κ1) is 10.7. The normalized spacial score (nSPS) is 17.9. The molecule has 0 atom stereocenters. The number of rotatable bonds is 1. The molecule has 1 aliphatic heterocycles. The fourth-order valence-corrected chi connectivity index (χ4v) is 2.11. The Morgan fingerprint density at radius 1 is 1.47 bits per heavy atom. The van der Waals surface area contributed by atoms with Gasteiger partial charge in [-0.1, -0.05) is 0 Å². The van der Waals surface area contributed by atoms with Crippen LogP contribution < -0.4 is 4.57 Å². The molecular weight excluding hydrogens is 214 g/mol. The van der Waals surface area contributed by atoms with Gasteiger partial charge in [-0.05, 0) is 0 Å². The van der Waals surface area contributed by atoms with Gasteiger partial charge in [0.05, 0.1) is 20.3 Å². The number of hydrogen-bond acceptors (Lipinski definition) is 4. The van der Waals surface area contributed by atoms with Crippen molar-refractivity contribution < 1.29 is 14.1 Å². The Morgan fingerprint density at radius 2 is 2.20 bits per heavy atom. The highest BCUT2D eigenvalue weighted by atomic mass is 32.2. The molecule has 82 valence electrons. The fourth-order valence-electron chi connectivity index (χ4n) is 1.35. The van der Waals surface area contributed by atoms with Crippen molar-refractivity contribution in [3.63, 3.8) is 0 Å². The molecule has 1 aromatic heterocycles. The topological polar surface area (TPSA) is 38.3 Å². The maximum absolute atomic E-state index is 11.8. The minimum Gasteiger partial charge on any atom is -0.379 e. The first-order chi connectivity index (χ1) is 7.25. The first-order valence-electron chi connectivity index (χ1n) is 4.84. The van der Waals surface area contributed by atoms with Gasteiger partial charge in [-0.3, -0.25) is 0 Å². The number of ether oxygens (including phenoxy) is 1. The Morgan fingerprint density at radius 3 is 2.80 bits per heavy atom. The zero-order chi connectivity index (χ0) is 10.7. The third-order valence-electron chi connectivity index (χ3n) is 2.16. The average molecular weight is 228 g/mol. The molecule has 0 unspecified atom stereocenters. The highest BCUT2D eigenvalue weighted by Crippen LogP contribution is 2.14. The van der Waals surface area contributed by atoms with Gasteiger partial charge < -0.3 is 4.74 Å². The van der Waals surface area contributed by atoms with Gasteiger partial charge >= 0.3 is 5.24 Å². The number of hydrogen-bond donors (Lipinski definition) is 0. The van der Waals surface area contributed by atoms with Gasteiger partial charge in [0, 0.05) is 25.0 Å². The predicted octanol–water partition coefficient (Wildman–Crippen LogP) is 0.261. The maximum Gasteiger partial charge on any atom is 0.388 e. The molecule has 1 aliphatic rings. The van der Waals surface area contributed by atoms with Crippen LogP contribution in [0.25, 0.3) is 0 Å². The molecule has 0 radical (unpaired) electrons. The van der Waals surface area contributed by atoms with Crippen LogP contribution in [0.15, 0.2) is 18.7 Å². The van der Waals surface area contributed by atoms with E-state index in [4.69, 9.17) is 4.74 Å². The molecule has 0 N–H and O–H groups in total. The summed E-state index contributed by atoms with van der Waals surface area (Å²) in [6.07, 6.45) is 5.36. The van der Waals surface area contributed by atoms with Crippen LogP contribution in [-0.4, -0.2) is 40.4 Å². The van der Waals surface area contributed by atoms with Gasteiger partial charge in [0.2, 0.25) is 0 Å². The van der Waals surface area contributed by atoms with E-state index in [1.165, 1.54) is 11.9 Å². The molecular formula is C9H14N3O2S+. The summed E-state index contributed by atoms with van der Waals surface area (Å²) in [7, 11) is 1.89. The predicted molar refractivity (Wildman–Crippen MR) is 56.4 cm³/mol. The number of aryl methyl sites for hydroxylation is 1. The zero-order valence-electron chi connectivity index (χ0n) is 8.63. The van der Waals surface area contributed by atoms with Crippen LogP contribution >= 0.6 is 11.9 Å². The van der Waals surface area contributed by atoms with Gasteiger partial charge in [-0.15, -0.1) is 0 Å². The third kappa shape index (κ3) is 2.80. The molecule has 0 bridgehead atoms. The SMILES string of the molecule is C[n+]1ccn(C(=O)SN2CCOCC2)c1. The van der Waals surface area contributed by atoms with Gasteiger partial charge in [0.1, 0.15) is 12.4 Å². The van der Waals surface area contributed by atoms with E-state index in [0.29, 0.717) is 13.2 Å². The van der Waals surface area contributed by atoms with E-state index in [1.807, 2.05) is 22.1 Å². The van der Waals surface area contributed by atoms with E-state index in [9.17, 15) is 4.79 Å². The lowest BCUT2D eigenvalue weighted by atomic mass is 10.5. The second kappa shape index (κ2) is 4.78. The summed E-state index contributed by atoms with van der Waals surface area (Å²) in [6, 6.07) is 0. The second-order valence-electron chi connectivity index (χ2n) is 3.38. The van der Waals surface area contributed by atoms with E-state index in [1.54, 1.807) is 17.1 Å². The average Bonchev–Trinajstić information content (AvgIpc) is 2.66. The van der Waals surface area contributed by atoms with E-state index >= 15 is 0 Å². The minimum atomic E-state index is 0.0255. The van der Waals surface area contributed by atoms with Gasteiger partial charge in [-0.2, -0.15) is 4.57 Å². The molecule has 0 saturated carbocycles. The van der Waals surface area contributed by atoms with Crippen molar-refractivity contribution in [3.05, 3.63) is 18.7 Å². The van der Waals surface area contributed by atoms with Crippen molar-refractivity contribution >= 4 is 17.2 Å². The molecule has 2 rings (SSSR count). The molecule has 0 spiro atoms. The Balaban J connectivity index is 1.91. The van der Waals surface area contributed by atoms with E-state index in [0.717, 1.165) is 13.1 Å². The molecule has 5 nitrogen and oxygen atoms in total. The van der Waals surface area contributed by atoms with Crippen molar-refractivity contribution in [1.82, 2.24) is 8.87 Å². The van der Waals surface area contributed by atoms with Crippen molar-refractivity contribution in [1.29, 1.82) is 0 Å². The zero-order valence-corrected chi connectivity index (χ0v) is 9.44. The van der Waals surface area contributed by atoms with Gasteiger partial charge in [0.25, 0.3) is 6.33 Å². The molecule has 6 heteroatoms. The summed E-state index contributed by atoms with van der Waals surface area (Å²) in [6.45, 7) is 3.03. The van der Waals surface area contributed by atoms with Crippen LogP contribution in [-0.2, 0) is 11.8 Å². The smallest absolute Gasteiger partial charge is 0.379 e. The molecule has 15 heavy (non-hydrogen) atoms. The van der Waals surface area contributed by atoms with Gasteiger partial charge in [0.15, 0.2) is 0 Å². The summed E-state index contributed by atoms with van der Waals surface area (Å²) >= 11 is 1.25. The van der Waals surface area contributed by atoms with E-state index in [2.05, 4.69) is 0 Å². The number of carbonyl (C=O) groups excluding carboxylic acids is 1. The third-order valence-corrected chi connectivity index (χ3v) is 3.15. The fraction of sp³-hybridized carbons (Fsp3) is 0.556. The summed E-state index contributed by atoms with van der Waals surface area (Å²) < 4.78 is 10.7. The van der Waals surface area contributed by atoms with Crippen LogP contribution in [0.4, 0.5) is 4.79 Å². The van der Waals surface area contributed by atoms with Crippen LogP contribution in [0.3, 0.4) is 0 Å². The standard InChI is InChI=1S/C9H14N3O2S/c1-10-2-3-11(8-10)9(13)15-12-4-6-14-7-5-12/h2-3,8H,4-7H2,1H3/q+1. The lowest BCUT2D eigenvalue weighted by molar-refractivity contribution is -0.670. The minimum absolute atomic E-state index is 0.0255. The molecule has 2 heterocycles. The number of morpholine rings is 1. The van der Waals surface area contributed by atoms with Crippen molar-refractivity contribution in [2.24, 2.45) is 7.05 Å². The van der Waals surface area contributed by atoms with Crippen LogP contribution in [0.2, 0.25) is 0 Å². The summed E-state index contributed by atoms with van der Waals surface area (Å²) in [5, 5.41) is 0.0255.